The number of ether oxygens (including phenoxy) is 1. The molecule has 1 heterocycles. The molecule has 114 valence electrons. The second-order valence-electron chi connectivity index (χ2n) is 4.66. The predicted molar refractivity (Wildman–Crippen MR) is 85.7 cm³/mol. The number of nitrogens with zero attached hydrogens (tertiary/aromatic N) is 3. The highest BCUT2D eigenvalue weighted by molar-refractivity contribution is 7.98. The van der Waals surface area contributed by atoms with Gasteiger partial charge in [-0.3, -0.25) is 0 Å². The van der Waals surface area contributed by atoms with Crippen molar-refractivity contribution in [1.29, 1.82) is 0 Å². The Hall–Kier alpha value is -0.810. The van der Waals surface area contributed by atoms with Crippen LogP contribution in [-0.4, -0.2) is 47.4 Å². The zero-order valence-corrected chi connectivity index (χ0v) is 14.0. The molecule has 0 saturated heterocycles. The van der Waals surface area contributed by atoms with E-state index < -0.39 is 0 Å². The minimum Gasteiger partial charge on any atom is -0.478 e. The van der Waals surface area contributed by atoms with Crippen molar-refractivity contribution in [2.45, 2.75) is 45.2 Å². The molecule has 0 radical (unpaired) electrons. The number of hydrogen-bond donors (Lipinski definition) is 0. The molecule has 20 heavy (non-hydrogen) atoms. The van der Waals surface area contributed by atoms with E-state index in [2.05, 4.69) is 35.6 Å². The van der Waals surface area contributed by atoms with Crippen LogP contribution in [0.15, 0.2) is 11.2 Å². The average Bonchev–Trinajstić information content (AvgIpc) is 2.48. The minimum absolute atomic E-state index is 0.715. The number of likely N-dealkylation sites (N-methyl/N-ethyl adjacent to an activating group) is 1. The predicted octanol–water partition coefficient (Wildman–Crippen LogP) is 3.26. The summed E-state index contributed by atoms with van der Waals surface area (Å²) in [6.45, 7) is 10.5. The number of aromatic nitrogens is 2. The highest BCUT2D eigenvalue weighted by Crippen LogP contribution is 2.16. The van der Waals surface area contributed by atoms with Crippen LogP contribution in [0.2, 0.25) is 0 Å². The van der Waals surface area contributed by atoms with Crippen molar-refractivity contribution in [3.63, 3.8) is 0 Å². The van der Waals surface area contributed by atoms with Crippen LogP contribution in [0.3, 0.4) is 0 Å². The summed E-state index contributed by atoms with van der Waals surface area (Å²) in [6, 6.07) is 1.98. The van der Waals surface area contributed by atoms with Gasteiger partial charge >= 0.3 is 0 Å². The Morgan fingerprint density at radius 3 is 2.55 bits per heavy atom. The van der Waals surface area contributed by atoms with E-state index >= 15 is 0 Å². The van der Waals surface area contributed by atoms with Gasteiger partial charge in [0, 0.05) is 19.0 Å². The number of thioether (sulfide) groups is 1. The highest BCUT2D eigenvalue weighted by atomic mass is 32.2. The average molecular weight is 297 g/mol. The lowest BCUT2D eigenvalue weighted by Gasteiger charge is -2.17. The second kappa shape index (κ2) is 10.00. The molecule has 0 bridgehead atoms. The van der Waals surface area contributed by atoms with Gasteiger partial charge in [0.15, 0.2) is 5.16 Å². The van der Waals surface area contributed by atoms with E-state index in [1.165, 1.54) is 0 Å². The van der Waals surface area contributed by atoms with Crippen LogP contribution in [0.1, 0.15) is 39.3 Å². The van der Waals surface area contributed by atoms with E-state index in [0.717, 1.165) is 56.4 Å². The van der Waals surface area contributed by atoms with Crippen molar-refractivity contribution in [2.75, 3.05) is 32.5 Å². The summed E-state index contributed by atoms with van der Waals surface area (Å²) >= 11 is 1.57. The topological polar surface area (TPSA) is 38.2 Å². The van der Waals surface area contributed by atoms with Gasteiger partial charge < -0.3 is 9.64 Å². The molecular formula is C15H27N3OS. The van der Waals surface area contributed by atoms with E-state index in [4.69, 9.17) is 4.74 Å². The Bertz CT molecular complexity index is 383. The summed E-state index contributed by atoms with van der Waals surface area (Å²) in [4.78, 5) is 11.4. The fourth-order valence-corrected chi connectivity index (χ4v) is 2.27. The highest BCUT2D eigenvalue weighted by Gasteiger charge is 2.07. The summed E-state index contributed by atoms with van der Waals surface area (Å²) < 4.78 is 5.71. The van der Waals surface area contributed by atoms with Crippen molar-refractivity contribution < 1.29 is 4.74 Å². The van der Waals surface area contributed by atoms with Crippen molar-refractivity contribution in [2.24, 2.45) is 0 Å². The first-order valence-electron chi connectivity index (χ1n) is 7.50. The number of hydrogen-bond acceptors (Lipinski definition) is 5. The molecule has 0 aromatic carbocycles. The normalized spacial score (nSPS) is 11.1. The Morgan fingerprint density at radius 2 is 1.95 bits per heavy atom. The molecule has 1 aromatic heterocycles. The van der Waals surface area contributed by atoms with Crippen molar-refractivity contribution >= 4 is 11.8 Å². The van der Waals surface area contributed by atoms with Gasteiger partial charge in [-0.25, -0.2) is 4.98 Å². The van der Waals surface area contributed by atoms with Gasteiger partial charge in [-0.2, -0.15) is 4.98 Å². The smallest absolute Gasteiger partial charge is 0.217 e. The molecule has 0 fully saturated rings. The second-order valence-corrected chi connectivity index (χ2v) is 5.44. The van der Waals surface area contributed by atoms with Crippen LogP contribution in [0, 0.1) is 0 Å². The van der Waals surface area contributed by atoms with Crippen LogP contribution >= 0.6 is 11.8 Å². The lowest BCUT2D eigenvalue weighted by molar-refractivity contribution is 0.291. The maximum atomic E-state index is 5.71. The molecule has 4 nitrogen and oxygen atoms in total. The Balaban J connectivity index is 2.66. The van der Waals surface area contributed by atoms with Crippen LogP contribution in [-0.2, 0) is 6.42 Å². The summed E-state index contributed by atoms with van der Waals surface area (Å²) in [5, 5.41) is 0.800. The molecule has 0 atom stereocenters. The van der Waals surface area contributed by atoms with E-state index in [1.54, 1.807) is 11.8 Å². The maximum Gasteiger partial charge on any atom is 0.217 e. The Labute approximate surface area is 127 Å². The van der Waals surface area contributed by atoms with Gasteiger partial charge in [0.25, 0.3) is 0 Å². The largest absolute Gasteiger partial charge is 0.478 e. The third-order valence-corrected chi connectivity index (χ3v) is 3.79. The molecule has 0 spiro atoms. The number of unbranched alkanes of at least 4 members (excludes halogenated alkanes) is 1. The van der Waals surface area contributed by atoms with Gasteiger partial charge in [0.05, 0.1) is 12.3 Å². The van der Waals surface area contributed by atoms with Gasteiger partial charge in [0.1, 0.15) is 0 Å². The van der Waals surface area contributed by atoms with Gasteiger partial charge in [-0.1, -0.05) is 39.0 Å². The Kier molecular flexibility index (Phi) is 8.62. The molecule has 0 unspecified atom stereocenters. The van der Waals surface area contributed by atoms with Crippen LogP contribution < -0.4 is 4.74 Å². The molecule has 0 aliphatic carbocycles. The molecule has 1 aromatic rings. The Morgan fingerprint density at radius 1 is 1.20 bits per heavy atom. The maximum absolute atomic E-state index is 5.71. The minimum atomic E-state index is 0.715. The molecule has 0 aliphatic rings. The van der Waals surface area contributed by atoms with Crippen LogP contribution in [0.25, 0.3) is 0 Å². The molecule has 0 saturated carbocycles. The fourth-order valence-electron chi connectivity index (χ4n) is 1.88. The first kappa shape index (κ1) is 17.2. The van der Waals surface area contributed by atoms with E-state index in [9.17, 15) is 0 Å². The molecule has 0 N–H and O–H groups in total. The monoisotopic (exact) mass is 297 g/mol. The lowest BCUT2D eigenvalue weighted by Crippen LogP contribution is -2.25. The SMILES string of the molecule is CCCCOc1cc(CCN(CC)CC)nc(SC)n1. The van der Waals surface area contributed by atoms with Crippen LogP contribution in [0.5, 0.6) is 5.88 Å². The van der Waals surface area contributed by atoms with Crippen molar-refractivity contribution in [1.82, 2.24) is 14.9 Å². The van der Waals surface area contributed by atoms with Gasteiger partial charge in [-0.05, 0) is 25.8 Å². The first-order chi connectivity index (χ1) is 9.73. The number of rotatable bonds is 10. The molecule has 1 rings (SSSR count). The molecular weight excluding hydrogens is 270 g/mol. The summed E-state index contributed by atoms with van der Waals surface area (Å²) in [7, 11) is 0. The van der Waals surface area contributed by atoms with E-state index in [-0.39, 0.29) is 0 Å². The first-order valence-corrected chi connectivity index (χ1v) is 8.73. The summed E-state index contributed by atoms with van der Waals surface area (Å²) in [6.07, 6.45) is 5.14. The fraction of sp³-hybridized carbons (Fsp3) is 0.733. The standard InChI is InChI=1S/C15H27N3OS/c1-5-8-11-19-14-12-13(16-15(17-14)20-4)9-10-18(6-2)7-3/h12H,5-11H2,1-4H3. The molecule has 5 heteroatoms. The van der Waals surface area contributed by atoms with E-state index in [0.29, 0.717) is 5.88 Å². The van der Waals surface area contributed by atoms with Crippen molar-refractivity contribution in [3.05, 3.63) is 11.8 Å². The molecule has 0 aliphatic heterocycles. The zero-order valence-electron chi connectivity index (χ0n) is 13.2. The van der Waals surface area contributed by atoms with Crippen molar-refractivity contribution in [3.8, 4) is 5.88 Å². The van der Waals surface area contributed by atoms with Gasteiger partial charge in [0.2, 0.25) is 5.88 Å². The van der Waals surface area contributed by atoms with E-state index in [1.807, 2.05) is 12.3 Å². The quantitative estimate of drug-likeness (QED) is 0.376. The third kappa shape index (κ3) is 6.09. The zero-order chi connectivity index (χ0) is 14.8. The molecule has 0 amide bonds. The summed E-state index contributed by atoms with van der Waals surface area (Å²) in [5.41, 5.74) is 1.07. The summed E-state index contributed by atoms with van der Waals surface area (Å²) in [5.74, 6) is 0.715. The van der Waals surface area contributed by atoms with Crippen LogP contribution in [0.4, 0.5) is 0 Å². The van der Waals surface area contributed by atoms with Gasteiger partial charge in [-0.15, -0.1) is 0 Å². The third-order valence-electron chi connectivity index (χ3n) is 3.24. The lowest BCUT2D eigenvalue weighted by atomic mass is 10.2.